The van der Waals surface area contributed by atoms with Gasteiger partial charge in [-0.05, 0) is 13.0 Å². The number of aryl methyl sites for hydroxylation is 1. The van der Waals surface area contributed by atoms with E-state index in [0.717, 1.165) is 11.9 Å². The smallest absolute Gasteiger partial charge is 0.332 e. The van der Waals surface area contributed by atoms with Crippen molar-refractivity contribution in [1.82, 2.24) is 19.7 Å². The molecule has 8 heteroatoms. The molecule has 0 saturated carbocycles. The van der Waals surface area contributed by atoms with Gasteiger partial charge in [-0.3, -0.25) is 10.1 Å². The maximum Gasteiger partial charge on any atom is 0.332 e. The third-order valence-electron chi connectivity index (χ3n) is 1.90. The molecular formula is C8H8N6O2. The first-order chi connectivity index (χ1) is 7.58. The predicted octanol–water partition coefficient (Wildman–Crippen LogP) is 0.461. The van der Waals surface area contributed by atoms with Crippen molar-refractivity contribution in [3.05, 3.63) is 34.3 Å². The van der Waals surface area contributed by atoms with Crippen LogP contribution >= 0.6 is 0 Å². The van der Waals surface area contributed by atoms with Gasteiger partial charge in [-0.1, -0.05) is 0 Å². The number of nitrogen functional groups attached to an aromatic ring is 1. The second-order valence-corrected chi connectivity index (χ2v) is 3.10. The van der Waals surface area contributed by atoms with Crippen LogP contribution in [0.2, 0.25) is 0 Å². The number of nitro groups is 1. The third kappa shape index (κ3) is 1.67. The molecule has 0 aliphatic carbocycles. The summed E-state index contributed by atoms with van der Waals surface area (Å²) in [4.78, 5) is 17.6. The maximum absolute atomic E-state index is 10.8. The predicted molar refractivity (Wildman–Crippen MR) is 55.0 cm³/mol. The Bertz CT molecular complexity index is 549. The van der Waals surface area contributed by atoms with Gasteiger partial charge in [-0.25, -0.2) is 9.67 Å². The number of anilines is 1. The van der Waals surface area contributed by atoms with Crippen LogP contribution in [-0.2, 0) is 0 Å². The molecule has 0 aliphatic rings. The zero-order valence-electron chi connectivity index (χ0n) is 8.36. The lowest BCUT2D eigenvalue weighted by Crippen LogP contribution is -2.07. The molecule has 2 rings (SSSR count). The number of aromatic nitrogens is 4. The van der Waals surface area contributed by atoms with Crippen LogP contribution < -0.4 is 5.73 Å². The first kappa shape index (κ1) is 10.0. The van der Waals surface area contributed by atoms with E-state index in [1.54, 1.807) is 19.2 Å². The molecule has 0 bridgehead atoms. The second kappa shape index (κ2) is 3.57. The summed E-state index contributed by atoms with van der Waals surface area (Å²) in [5.74, 6) is 0.0272. The Morgan fingerprint density at radius 2 is 2.31 bits per heavy atom. The summed E-state index contributed by atoms with van der Waals surface area (Å²) in [5.41, 5.74) is 5.88. The summed E-state index contributed by atoms with van der Waals surface area (Å²) in [6.45, 7) is 1.77. The molecule has 0 atom stereocenters. The normalized spacial score (nSPS) is 10.3. The van der Waals surface area contributed by atoms with Gasteiger partial charge in [0, 0.05) is 6.20 Å². The fourth-order valence-corrected chi connectivity index (χ4v) is 1.21. The van der Waals surface area contributed by atoms with E-state index in [1.807, 2.05) is 0 Å². The standard InChI is InChI=1S/C8H8N6O2/c1-5-2-3-13(12-5)7-6(14(15)16)4-10-8(9)11-7/h2-4H,1H3,(H2,9,10,11). The molecule has 2 heterocycles. The van der Waals surface area contributed by atoms with E-state index < -0.39 is 4.92 Å². The van der Waals surface area contributed by atoms with E-state index >= 15 is 0 Å². The van der Waals surface area contributed by atoms with Crippen LogP contribution in [-0.4, -0.2) is 24.7 Å². The van der Waals surface area contributed by atoms with Crippen molar-refractivity contribution >= 4 is 11.6 Å². The largest absolute Gasteiger partial charge is 0.368 e. The van der Waals surface area contributed by atoms with E-state index in [0.29, 0.717) is 0 Å². The summed E-state index contributed by atoms with van der Waals surface area (Å²) in [6, 6.07) is 1.71. The number of nitrogens with zero attached hydrogens (tertiary/aromatic N) is 5. The van der Waals surface area contributed by atoms with Crippen molar-refractivity contribution in [3.8, 4) is 5.82 Å². The molecule has 0 unspecified atom stereocenters. The highest BCUT2D eigenvalue weighted by Crippen LogP contribution is 2.19. The van der Waals surface area contributed by atoms with Crippen LogP contribution in [0, 0.1) is 17.0 Å². The minimum Gasteiger partial charge on any atom is -0.368 e. The highest BCUT2D eigenvalue weighted by Gasteiger charge is 2.18. The summed E-state index contributed by atoms with van der Waals surface area (Å²) < 4.78 is 1.30. The molecule has 0 fully saturated rings. The average Bonchev–Trinajstić information content (AvgIpc) is 2.64. The quantitative estimate of drug-likeness (QED) is 0.581. The SMILES string of the molecule is Cc1ccn(-c2nc(N)ncc2[N+](=O)[O-])n1. The van der Waals surface area contributed by atoms with Crippen molar-refractivity contribution < 1.29 is 4.92 Å². The number of hydrogen-bond donors (Lipinski definition) is 1. The molecule has 0 radical (unpaired) electrons. The monoisotopic (exact) mass is 220 g/mol. The fraction of sp³-hybridized carbons (Fsp3) is 0.125. The molecule has 0 aromatic carbocycles. The Hall–Kier alpha value is -2.51. The van der Waals surface area contributed by atoms with Gasteiger partial charge >= 0.3 is 5.69 Å². The highest BCUT2D eigenvalue weighted by molar-refractivity contribution is 5.47. The van der Waals surface area contributed by atoms with Gasteiger partial charge in [0.15, 0.2) is 0 Å². The fourth-order valence-electron chi connectivity index (χ4n) is 1.21. The zero-order chi connectivity index (χ0) is 11.7. The molecule has 82 valence electrons. The molecule has 2 aromatic heterocycles. The number of hydrogen-bond acceptors (Lipinski definition) is 6. The molecule has 0 saturated heterocycles. The van der Waals surface area contributed by atoms with E-state index in [4.69, 9.17) is 5.73 Å². The first-order valence-corrected chi connectivity index (χ1v) is 4.37. The van der Waals surface area contributed by atoms with Crippen LogP contribution in [0.4, 0.5) is 11.6 Å². The van der Waals surface area contributed by atoms with E-state index in [1.165, 1.54) is 4.68 Å². The lowest BCUT2D eigenvalue weighted by Gasteiger charge is -2.01. The van der Waals surface area contributed by atoms with Crippen LogP contribution in [0.5, 0.6) is 0 Å². The van der Waals surface area contributed by atoms with Crippen molar-refractivity contribution in [1.29, 1.82) is 0 Å². The van der Waals surface area contributed by atoms with E-state index in [-0.39, 0.29) is 17.5 Å². The molecule has 0 amide bonds. The van der Waals surface area contributed by atoms with Crippen molar-refractivity contribution in [2.75, 3.05) is 5.73 Å². The Labute approximate surface area is 89.9 Å². The van der Waals surface area contributed by atoms with E-state index in [2.05, 4.69) is 15.1 Å². The second-order valence-electron chi connectivity index (χ2n) is 3.10. The van der Waals surface area contributed by atoms with Crippen LogP contribution in [0.3, 0.4) is 0 Å². The van der Waals surface area contributed by atoms with Gasteiger partial charge in [-0.15, -0.1) is 0 Å². The number of rotatable bonds is 2. The highest BCUT2D eigenvalue weighted by atomic mass is 16.6. The molecular weight excluding hydrogens is 212 g/mol. The molecule has 16 heavy (non-hydrogen) atoms. The molecule has 0 spiro atoms. The maximum atomic E-state index is 10.8. The minimum atomic E-state index is -0.578. The van der Waals surface area contributed by atoms with Gasteiger partial charge < -0.3 is 5.73 Å². The third-order valence-corrected chi connectivity index (χ3v) is 1.90. The van der Waals surface area contributed by atoms with Gasteiger partial charge in [0.25, 0.3) is 0 Å². The van der Waals surface area contributed by atoms with Crippen molar-refractivity contribution in [2.24, 2.45) is 0 Å². The van der Waals surface area contributed by atoms with Gasteiger partial charge in [0.05, 0.1) is 10.6 Å². The summed E-state index contributed by atoms with van der Waals surface area (Å²) in [7, 11) is 0. The van der Waals surface area contributed by atoms with Crippen molar-refractivity contribution in [3.63, 3.8) is 0 Å². The van der Waals surface area contributed by atoms with Crippen LogP contribution in [0.25, 0.3) is 5.82 Å². The number of nitrogens with two attached hydrogens (primary N) is 1. The summed E-state index contributed by atoms with van der Waals surface area (Å²) in [6.07, 6.45) is 2.64. The average molecular weight is 220 g/mol. The lowest BCUT2D eigenvalue weighted by molar-refractivity contribution is -0.385. The molecule has 2 aromatic rings. The van der Waals surface area contributed by atoms with Gasteiger partial charge in [0.2, 0.25) is 11.8 Å². The molecule has 0 aliphatic heterocycles. The Morgan fingerprint density at radius 1 is 1.56 bits per heavy atom. The molecule has 2 N–H and O–H groups in total. The van der Waals surface area contributed by atoms with Gasteiger partial charge in [0.1, 0.15) is 6.20 Å². The Kier molecular flexibility index (Phi) is 2.24. The summed E-state index contributed by atoms with van der Waals surface area (Å²) >= 11 is 0. The first-order valence-electron chi connectivity index (χ1n) is 4.37. The van der Waals surface area contributed by atoms with Gasteiger partial charge in [-0.2, -0.15) is 10.1 Å². The van der Waals surface area contributed by atoms with Crippen LogP contribution in [0.1, 0.15) is 5.69 Å². The summed E-state index contributed by atoms with van der Waals surface area (Å²) in [5, 5.41) is 14.8. The van der Waals surface area contributed by atoms with Crippen molar-refractivity contribution in [2.45, 2.75) is 6.92 Å². The lowest BCUT2D eigenvalue weighted by atomic mass is 10.5. The molecule has 8 nitrogen and oxygen atoms in total. The Balaban J connectivity index is 2.62. The Morgan fingerprint density at radius 3 is 2.88 bits per heavy atom. The van der Waals surface area contributed by atoms with Crippen LogP contribution in [0.15, 0.2) is 18.5 Å². The zero-order valence-corrected chi connectivity index (χ0v) is 8.36. The minimum absolute atomic E-state index is 0.0336. The topological polar surface area (TPSA) is 113 Å². The van der Waals surface area contributed by atoms with E-state index in [9.17, 15) is 10.1 Å².